The molecule has 1 unspecified atom stereocenters. The molecule has 1 atom stereocenters. The molecule has 1 rings (SSSR count). The second-order valence-electron chi connectivity index (χ2n) is 5.06. The number of hydrogen-bond acceptors (Lipinski definition) is 5. The second-order valence-corrected chi connectivity index (χ2v) is 6.83. The van der Waals surface area contributed by atoms with Gasteiger partial charge in [0.1, 0.15) is 0 Å². The predicted octanol–water partition coefficient (Wildman–Crippen LogP) is 0.452. The minimum absolute atomic E-state index is 0.164. The zero-order valence-corrected chi connectivity index (χ0v) is 13.8. The molecule has 0 aromatic carbocycles. The van der Waals surface area contributed by atoms with Gasteiger partial charge in [-0.05, 0) is 6.07 Å². The molecule has 122 valence electrons. The van der Waals surface area contributed by atoms with Crippen molar-refractivity contribution in [3.63, 3.8) is 0 Å². The fourth-order valence-electron chi connectivity index (χ4n) is 1.67. The molecule has 0 saturated carbocycles. The fraction of sp³-hybridized carbons (Fsp3) is 0.692. The molecule has 1 heterocycles. The molecule has 0 amide bonds. The number of hydrogen-bond donors (Lipinski definition) is 3. The summed E-state index contributed by atoms with van der Waals surface area (Å²) in [5.74, 6) is 0. The number of aromatic amines is 1. The number of rotatable bonds is 10. The van der Waals surface area contributed by atoms with E-state index in [1.165, 1.54) is 13.3 Å². The molecule has 0 fully saturated rings. The van der Waals surface area contributed by atoms with E-state index in [4.69, 9.17) is 9.47 Å². The van der Waals surface area contributed by atoms with Gasteiger partial charge in [-0.2, -0.15) is 0 Å². The van der Waals surface area contributed by atoms with Crippen molar-refractivity contribution in [3.8, 4) is 0 Å². The van der Waals surface area contributed by atoms with Crippen LogP contribution in [0.4, 0.5) is 0 Å². The quantitative estimate of drug-likeness (QED) is 0.582. The highest BCUT2D eigenvalue weighted by Gasteiger charge is 2.18. The molecule has 3 N–H and O–H groups in total. The SMILES string of the molecule is COCC(CNS(=O)(=O)c1c[nH]c(CNC(C)C)c1)OC. The van der Waals surface area contributed by atoms with Crippen LogP contribution in [-0.4, -0.2) is 52.9 Å². The third kappa shape index (κ3) is 6.15. The molecule has 0 aliphatic carbocycles. The lowest BCUT2D eigenvalue weighted by Gasteiger charge is -2.14. The summed E-state index contributed by atoms with van der Waals surface area (Å²) in [6.45, 7) is 5.15. The molecule has 0 saturated heterocycles. The Balaban J connectivity index is 2.61. The first-order chi connectivity index (χ1) is 9.89. The van der Waals surface area contributed by atoms with Crippen LogP contribution in [0.1, 0.15) is 19.5 Å². The molecule has 8 heteroatoms. The predicted molar refractivity (Wildman–Crippen MR) is 80.6 cm³/mol. The lowest BCUT2D eigenvalue weighted by molar-refractivity contribution is 0.0320. The van der Waals surface area contributed by atoms with Gasteiger partial charge in [0.15, 0.2) is 0 Å². The number of sulfonamides is 1. The summed E-state index contributed by atoms with van der Waals surface area (Å²) < 4.78 is 36.9. The van der Waals surface area contributed by atoms with Gasteiger partial charge in [0.25, 0.3) is 0 Å². The Hall–Kier alpha value is -0.930. The van der Waals surface area contributed by atoms with Gasteiger partial charge in [0.2, 0.25) is 10.0 Å². The van der Waals surface area contributed by atoms with Crippen molar-refractivity contribution in [3.05, 3.63) is 18.0 Å². The van der Waals surface area contributed by atoms with Crippen LogP contribution in [0.5, 0.6) is 0 Å². The molecular weight excluding hydrogens is 294 g/mol. The summed E-state index contributed by atoms with van der Waals surface area (Å²) in [7, 11) is -0.486. The molecule has 7 nitrogen and oxygen atoms in total. The Morgan fingerprint density at radius 1 is 1.33 bits per heavy atom. The third-order valence-electron chi connectivity index (χ3n) is 2.91. The molecule has 0 aliphatic rings. The average Bonchev–Trinajstić information content (AvgIpc) is 2.91. The first kappa shape index (κ1) is 18.1. The standard InChI is InChI=1S/C13H25N3O4S/c1-10(2)14-6-11-5-13(8-15-11)21(17,18)16-7-12(20-4)9-19-3/h5,8,10,12,14-16H,6-7,9H2,1-4H3. The average molecular weight is 319 g/mol. The van der Waals surface area contributed by atoms with Crippen LogP contribution in [0.3, 0.4) is 0 Å². The maximum atomic E-state index is 12.2. The Morgan fingerprint density at radius 2 is 2.05 bits per heavy atom. The van der Waals surface area contributed by atoms with Gasteiger partial charge in [-0.25, -0.2) is 13.1 Å². The summed E-state index contributed by atoms with van der Waals surface area (Å²) in [6.07, 6.45) is 1.17. The van der Waals surface area contributed by atoms with Crippen LogP contribution < -0.4 is 10.0 Å². The van der Waals surface area contributed by atoms with Crippen LogP contribution in [0.2, 0.25) is 0 Å². The molecule has 1 aromatic rings. The van der Waals surface area contributed by atoms with Crippen molar-refractivity contribution >= 4 is 10.0 Å². The maximum Gasteiger partial charge on any atom is 0.242 e. The zero-order chi connectivity index (χ0) is 15.9. The van der Waals surface area contributed by atoms with Gasteiger partial charge in [-0.1, -0.05) is 13.8 Å². The summed E-state index contributed by atoms with van der Waals surface area (Å²) >= 11 is 0. The fourth-order valence-corrected chi connectivity index (χ4v) is 2.76. The summed E-state index contributed by atoms with van der Waals surface area (Å²) in [5, 5.41) is 3.22. The lowest BCUT2D eigenvalue weighted by atomic mass is 10.3. The molecule has 0 radical (unpaired) electrons. The van der Waals surface area contributed by atoms with E-state index in [-0.39, 0.29) is 17.5 Å². The van der Waals surface area contributed by atoms with Crippen LogP contribution >= 0.6 is 0 Å². The van der Waals surface area contributed by atoms with Gasteiger partial charge in [0, 0.05) is 45.2 Å². The van der Waals surface area contributed by atoms with Crippen molar-refractivity contribution in [2.45, 2.75) is 37.4 Å². The topological polar surface area (TPSA) is 92.5 Å². The monoisotopic (exact) mass is 319 g/mol. The minimum atomic E-state index is -3.55. The Kier molecular flexibility index (Phi) is 7.33. The van der Waals surface area contributed by atoms with E-state index < -0.39 is 10.0 Å². The summed E-state index contributed by atoms with van der Waals surface area (Å²) in [5.41, 5.74) is 0.823. The van der Waals surface area contributed by atoms with Crippen LogP contribution in [0, 0.1) is 0 Å². The molecule has 21 heavy (non-hydrogen) atoms. The van der Waals surface area contributed by atoms with Gasteiger partial charge in [-0.15, -0.1) is 0 Å². The van der Waals surface area contributed by atoms with Gasteiger partial charge >= 0.3 is 0 Å². The zero-order valence-electron chi connectivity index (χ0n) is 13.0. The van der Waals surface area contributed by atoms with Crippen molar-refractivity contribution in [1.29, 1.82) is 0 Å². The van der Waals surface area contributed by atoms with E-state index in [0.717, 1.165) is 5.69 Å². The van der Waals surface area contributed by atoms with E-state index in [0.29, 0.717) is 19.2 Å². The van der Waals surface area contributed by atoms with Crippen LogP contribution in [0.15, 0.2) is 17.2 Å². The van der Waals surface area contributed by atoms with Crippen LogP contribution in [0.25, 0.3) is 0 Å². The number of methoxy groups -OCH3 is 2. The van der Waals surface area contributed by atoms with Crippen molar-refractivity contribution < 1.29 is 17.9 Å². The minimum Gasteiger partial charge on any atom is -0.382 e. The molecule has 0 spiro atoms. The van der Waals surface area contributed by atoms with E-state index in [9.17, 15) is 8.42 Å². The third-order valence-corrected chi connectivity index (χ3v) is 4.32. The number of aromatic nitrogens is 1. The smallest absolute Gasteiger partial charge is 0.242 e. The highest BCUT2D eigenvalue weighted by atomic mass is 32.2. The molecule has 0 bridgehead atoms. The van der Waals surface area contributed by atoms with E-state index in [1.807, 2.05) is 13.8 Å². The second kappa shape index (κ2) is 8.50. The largest absolute Gasteiger partial charge is 0.382 e. The summed E-state index contributed by atoms with van der Waals surface area (Å²) in [4.78, 5) is 3.17. The van der Waals surface area contributed by atoms with E-state index in [1.54, 1.807) is 13.2 Å². The lowest BCUT2D eigenvalue weighted by Crippen LogP contribution is -2.35. The Morgan fingerprint density at radius 3 is 2.62 bits per heavy atom. The molecular formula is C13H25N3O4S. The normalized spacial score (nSPS) is 13.8. The Labute approximate surface area is 126 Å². The Bertz CT molecular complexity index is 513. The maximum absolute atomic E-state index is 12.2. The summed E-state index contributed by atoms with van der Waals surface area (Å²) in [6, 6.07) is 1.96. The molecule has 1 aromatic heterocycles. The van der Waals surface area contributed by atoms with Gasteiger partial charge in [0.05, 0.1) is 17.6 Å². The highest BCUT2D eigenvalue weighted by molar-refractivity contribution is 7.89. The highest BCUT2D eigenvalue weighted by Crippen LogP contribution is 2.10. The molecule has 0 aliphatic heterocycles. The number of H-pyrrole nitrogens is 1. The van der Waals surface area contributed by atoms with Gasteiger partial charge < -0.3 is 19.8 Å². The first-order valence-electron chi connectivity index (χ1n) is 6.81. The van der Waals surface area contributed by atoms with E-state index in [2.05, 4.69) is 15.0 Å². The number of nitrogens with one attached hydrogen (secondary N) is 3. The first-order valence-corrected chi connectivity index (χ1v) is 8.29. The van der Waals surface area contributed by atoms with Crippen molar-refractivity contribution in [1.82, 2.24) is 15.0 Å². The van der Waals surface area contributed by atoms with Crippen molar-refractivity contribution in [2.24, 2.45) is 0 Å². The number of ether oxygens (including phenoxy) is 2. The van der Waals surface area contributed by atoms with Gasteiger partial charge in [-0.3, -0.25) is 0 Å². The van der Waals surface area contributed by atoms with E-state index >= 15 is 0 Å². The van der Waals surface area contributed by atoms with Crippen LogP contribution in [-0.2, 0) is 26.0 Å². The van der Waals surface area contributed by atoms with Crippen molar-refractivity contribution in [2.75, 3.05) is 27.4 Å².